The van der Waals surface area contributed by atoms with Crippen LogP contribution in [0.4, 0.5) is 0 Å². The fraction of sp³-hybridized carbons (Fsp3) is 1.00. The number of rotatable bonds is 2. The first-order valence-corrected chi connectivity index (χ1v) is 3.46. The lowest BCUT2D eigenvalue weighted by atomic mass is 10.3. The molecule has 0 aromatic heterocycles. The lowest BCUT2D eigenvalue weighted by Crippen LogP contribution is -1.83. The van der Waals surface area contributed by atoms with Crippen LogP contribution >= 0.6 is 0 Å². The third-order valence-corrected chi connectivity index (χ3v) is 2.31. The molecule has 0 aliphatic rings. The summed E-state index contributed by atoms with van der Waals surface area (Å²) in [7, 11) is 2.10. The smallest absolute Gasteiger partial charge is 0.0679 e. The minimum Gasteiger partial charge on any atom is -0.292 e. The van der Waals surface area contributed by atoms with Gasteiger partial charge in [-0.3, -0.25) is 10.2 Å². The molecule has 0 fully saturated rings. The molecule has 0 saturated heterocycles. The Hall–Kier alpha value is 0.217. The fourth-order valence-corrected chi connectivity index (χ4v) is 0.289. The molecule has 38 valence electrons. The van der Waals surface area contributed by atoms with E-state index in [2.05, 4.69) is 24.1 Å². The van der Waals surface area contributed by atoms with E-state index in [1.165, 1.54) is 12.8 Å². The maximum absolute atomic E-state index is 2.24. The summed E-state index contributed by atoms with van der Waals surface area (Å²) in [5.41, 5.74) is 0.963. The summed E-state index contributed by atoms with van der Waals surface area (Å²) in [6, 6.07) is 0. The van der Waals surface area contributed by atoms with E-state index >= 15 is 0 Å². The first kappa shape index (κ1) is 6.22. The largest absolute Gasteiger partial charge is 0.292 e. The first-order chi connectivity index (χ1) is 2.81. The minimum absolute atomic E-state index is 0.963. The molecule has 0 aromatic rings. The van der Waals surface area contributed by atoms with Gasteiger partial charge in [0.1, 0.15) is 0 Å². The van der Waals surface area contributed by atoms with Gasteiger partial charge in [0, 0.05) is 0 Å². The second-order valence-electron chi connectivity index (χ2n) is 1.68. The van der Waals surface area contributed by atoms with Crippen LogP contribution in [0.3, 0.4) is 0 Å². The molecule has 0 bridgehead atoms. The van der Waals surface area contributed by atoms with E-state index in [0.29, 0.717) is 0 Å². The average molecular weight is 101 g/mol. The number of hydrogen-bond acceptors (Lipinski definition) is 0. The Kier molecular flexibility index (Phi) is 3.53. The van der Waals surface area contributed by atoms with Crippen molar-refractivity contribution in [1.82, 2.24) is 0 Å². The summed E-state index contributed by atoms with van der Waals surface area (Å²) in [5, 5.41) is 0. The van der Waals surface area contributed by atoms with Crippen LogP contribution < -0.4 is 0 Å². The lowest BCUT2D eigenvalue weighted by Gasteiger charge is -2.08. The van der Waals surface area contributed by atoms with Crippen molar-refractivity contribution in [2.45, 2.75) is 32.2 Å². The summed E-state index contributed by atoms with van der Waals surface area (Å²) in [6.07, 6.45) is 2.68. The van der Waals surface area contributed by atoms with Crippen LogP contribution in [-0.2, 0) is 0 Å². The molecular weight excluding hydrogens is 88.1 g/mol. The van der Waals surface area contributed by atoms with E-state index in [1.807, 2.05) is 0 Å². The van der Waals surface area contributed by atoms with E-state index in [-0.39, 0.29) is 0 Å². The fourth-order valence-electron chi connectivity index (χ4n) is 0.289. The second-order valence-corrected chi connectivity index (χ2v) is 2.84. The van der Waals surface area contributed by atoms with Crippen molar-refractivity contribution < 1.29 is 0 Å². The van der Waals surface area contributed by atoms with Gasteiger partial charge >= 0.3 is 0 Å². The van der Waals surface area contributed by atoms with Crippen LogP contribution in [-0.4, -0.2) is 10.2 Å². The highest BCUT2D eigenvalue weighted by Gasteiger charge is 1.80. The van der Waals surface area contributed by atoms with Crippen LogP contribution in [0.2, 0.25) is 5.54 Å². The summed E-state index contributed by atoms with van der Waals surface area (Å²) in [6.45, 7) is 4.47. The van der Waals surface area contributed by atoms with Gasteiger partial charge in [0.2, 0.25) is 0 Å². The van der Waals surface area contributed by atoms with Gasteiger partial charge in [0.25, 0.3) is 0 Å². The molecule has 0 heterocycles. The van der Waals surface area contributed by atoms with Crippen molar-refractivity contribution in [3.63, 3.8) is 0 Å². The molecule has 0 atom stereocenters. The molecule has 1 heteroatoms. The van der Waals surface area contributed by atoms with E-state index < -0.39 is 0 Å². The standard InChI is InChI=1S/C5H13Si/c1-3-5(6)4-2/h5H,3-4,6H2,1-2H3/q-1. The topological polar surface area (TPSA) is 0 Å². The van der Waals surface area contributed by atoms with E-state index in [0.717, 1.165) is 5.54 Å². The maximum Gasteiger partial charge on any atom is -0.0679 e. The highest BCUT2D eigenvalue weighted by Crippen LogP contribution is 2.06. The van der Waals surface area contributed by atoms with Crippen molar-refractivity contribution in [2.75, 3.05) is 0 Å². The van der Waals surface area contributed by atoms with Gasteiger partial charge in [-0.25, -0.2) is 0 Å². The molecule has 0 N–H and O–H groups in total. The predicted octanol–water partition coefficient (Wildman–Crippen LogP) is 1.23. The predicted molar refractivity (Wildman–Crippen MR) is 32.9 cm³/mol. The Labute approximate surface area is 43.4 Å². The van der Waals surface area contributed by atoms with Gasteiger partial charge in [0.15, 0.2) is 0 Å². The number of hydrogen-bond donors (Lipinski definition) is 0. The Morgan fingerprint density at radius 1 is 1.33 bits per heavy atom. The minimum atomic E-state index is 0.963. The normalized spacial score (nSPS) is 10.0. The lowest BCUT2D eigenvalue weighted by molar-refractivity contribution is 0.768. The van der Waals surface area contributed by atoms with Crippen molar-refractivity contribution in [1.29, 1.82) is 0 Å². The molecule has 0 aliphatic heterocycles. The zero-order valence-electron chi connectivity index (χ0n) is 4.70. The van der Waals surface area contributed by atoms with E-state index in [1.54, 1.807) is 0 Å². The zero-order valence-corrected chi connectivity index (χ0v) is 6.11. The molecule has 0 aromatic carbocycles. The highest BCUT2D eigenvalue weighted by atomic mass is 28.1. The molecule has 0 nitrogen and oxygen atoms in total. The first-order valence-electron chi connectivity index (χ1n) is 2.64. The van der Waals surface area contributed by atoms with Crippen molar-refractivity contribution in [2.24, 2.45) is 0 Å². The summed E-state index contributed by atoms with van der Waals surface area (Å²) < 4.78 is 0. The summed E-state index contributed by atoms with van der Waals surface area (Å²) in [4.78, 5) is 0. The molecular formula is C5H13Si-. The summed E-state index contributed by atoms with van der Waals surface area (Å²) >= 11 is 0. The third-order valence-electron chi connectivity index (χ3n) is 1.15. The van der Waals surface area contributed by atoms with Gasteiger partial charge < -0.3 is 0 Å². The van der Waals surface area contributed by atoms with Gasteiger partial charge in [-0.1, -0.05) is 26.7 Å². The van der Waals surface area contributed by atoms with Gasteiger partial charge in [-0.15, -0.1) is 0 Å². The zero-order chi connectivity index (χ0) is 4.99. The molecule has 0 unspecified atom stereocenters. The molecule has 0 rings (SSSR count). The quantitative estimate of drug-likeness (QED) is 0.459. The molecule has 0 saturated carbocycles. The Morgan fingerprint density at radius 3 is 1.67 bits per heavy atom. The van der Waals surface area contributed by atoms with Gasteiger partial charge in [-0.2, -0.15) is 5.54 Å². The highest BCUT2D eigenvalue weighted by molar-refractivity contribution is 6.11. The van der Waals surface area contributed by atoms with E-state index in [9.17, 15) is 0 Å². The van der Waals surface area contributed by atoms with Crippen LogP contribution in [0.5, 0.6) is 0 Å². The van der Waals surface area contributed by atoms with Gasteiger partial charge in [0.05, 0.1) is 0 Å². The Bertz CT molecular complexity index is 23.1. The maximum atomic E-state index is 2.24. The molecule has 0 spiro atoms. The average Bonchev–Trinajstić information content (AvgIpc) is 1.65. The van der Waals surface area contributed by atoms with Gasteiger partial charge in [-0.05, 0) is 0 Å². The Balaban J connectivity index is 2.75. The monoisotopic (exact) mass is 101 g/mol. The van der Waals surface area contributed by atoms with Crippen molar-refractivity contribution >= 4 is 10.2 Å². The van der Waals surface area contributed by atoms with Crippen molar-refractivity contribution in [3.05, 3.63) is 0 Å². The molecule has 0 aliphatic carbocycles. The summed E-state index contributed by atoms with van der Waals surface area (Å²) in [5.74, 6) is 0. The van der Waals surface area contributed by atoms with Crippen LogP contribution in [0.1, 0.15) is 26.7 Å². The molecule has 6 heavy (non-hydrogen) atoms. The molecule has 0 radical (unpaired) electrons. The molecule has 0 amide bonds. The van der Waals surface area contributed by atoms with Crippen molar-refractivity contribution in [3.8, 4) is 0 Å². The van der Waals surface area contributed by atoms with E-state index in [4.69, 9.17) is 0 Å². The van der Waals surface area contributed by atoms with Crippen LogP contribution in [0.25, 0.3) is 0 Å². The third kappa shape index (κ3) is 2.45. The SMILES string of the molecule is CCC([SiH2-])CC. The second kappa shape index (κ2) is 3.41. The van der Waals surface area contributed by atoms with Crippen LogP contribution in [0, 0.1) is 0 Å². The Morgan fingerprint density at radius 2 is 1.67 bits per heavy atom. The van der Waals surface area contributed by atoms with Crippen LogP contribution in [0.15, 0.2) is 0 Å².